The zero-order chi connectivity index (χ0) is 12.5. The van der Waals surface area contributed by atoms with Crippen molar-refractivity contribution in [2.24, 2.45) is 5.92 Å². The summed E-state index contributed by atoms with van der Waals surface area (Å²) in [5.41, 5.74) is -0.745. The van der Waals surface area contributed by atoms with E-state index in [4.69, 9.17) is 0 Å². The first-order valence-corrected chi connectivity index (χ1v) is 5.80. The molecule has 4 heteroatoms. The Labute approximate surface area is 99.7 Å². The Hall–Kier alpha value is -1.58. The van der Waals surface area contributed by atoms with E-state index in [1.807, 2.05) is 6.92 Å². The topological polar surface area (TPSA) is 49.3 Å². The third-order valence-electron chi connectivity index (χ3n) is 3.42. The van der Waals surface area contributed by atoms with Crippen LogP contribution in [-0.2, 0) is 4.79 Å². The molecular formula is C13H16FNO2. The maximum Gasteiger partial charge on any atom is 0.329 e. The average Bonchev–Trinajstić information content (AvgIpc) is 2.65. The number of halogens is 1. The third-order valence-corrected chi connectivity index (χ3v) is 3.42. The molecule has 1 aromatic rings. The predicted molar refractivity (Wildman–Crippen MR) is 63.4 cm³/mol. The van der Waals surface area contributed by atoms with Crippen molar-refractivity contribution in [3.8, 4) is 0 Å². The van der Waals surface area contributed by atoms with Crippen molar-refractivity contribution in [1.29, 1.82) is 0 Å². The molecule has 17 heavy (non-hydrogen) atoms. The predicted octanol–water partition coefficient (Wildman–Crippen LogP) is 2.88. The molecule has 2 rings (SSSR count). The Morgan fingerprint density at radius 2 is 2.24 bits per heavy atom. The number of carboxylic acids is 1. The first-order chi connectivity index (χ1) is 8.03. The molecule has 0 spiro atoms. The van der Waals surface area contributed by atoms with Crippen LogP contribution >= 0.6 is 0 Å². The van der Waals surface area contributed by atoms with E-state index in [0.717, 1.165) is 6.42 Å². The molecular weight excluding hydrogens is 221 g/mol. The lowest BCUT2D eigenvalue weighted by Crippen LogP contribution is -2.44. The highest BCUT2D eigenvalue weighted by atomic mass is 19.1. The molecule has 1 aliphatic rings. The summed E-state index contributed by atoms with van der Waals surface area (Å²) >= 11 is 0. The minimum atomic E-state index is -1.01. The van der Waals surface area contributed by atoms with Crippen molar-refractivity contribution in [3.63, 3.8) is 0 Å². The van der Waals surface area contributed by atoms with Gasteiger partial charge in [0.15, 0.2) is 0 Å². The number of rotatable bonds is 3. The first-order valence-electron chi connectivity index (χ1n) is 5.80. The van der Waals surface area contributed by atoms with Crippen LogP contribution in [-0.4, -0.2) is 16.6 Å². The molecule has 0 heterocycles. The van der Waals surface area contributed by atoms with Gasteiger partial charge in [-0.25, -0.2) is 9.18 Å². The lowest BCUT2D eigenvalue weighted by Gasteiger charge is -2.27. The normalized spacial score (nSPS) is 28.0. The molecule has 2 N–H and O–H groups in total. The van der Waals surface area contributed by atoms with Crippen molar-refractivity contribution >= 4 is 11.7 Å². The molecule has 1 aliphatic carbocycles. The molecule has 1 aromatic carbocycles. The molecule has 0 aliphatic heterocycles. The van der Waals surface area contributed by atoms with Crippen molar-refractivity contribution in [3.05, 3.63) is 30.1 Å². The highest BCUT2D eigenvalue weighted by Gasteiger charge is 2.44. The van der Waals surface area contributed by atoms with Gasteiger partial charge < -0.3 is 10.4 Å². The highest BCUT2D eigenvalue weighted by molar-refractivity contribution is 5.83. The number of hydrogen-bond donors (Lipinski definition) is 2. The minimum Gasteiger partial charge on any atom is -0.480 e. The van der Waals surface area contributed by atoms with E-state index in [9.17, 15) is 14.3 Å². The third kappa shape index (κ3) is 2.25. The van der Waals surface area contributed by atoms with Gasteiger partial charge in [-0.2, -0.15) is 0 Å². The Kier molecular flexibility index (Phi) is 3.05. The molecule has 3 nitrogen and oxygen atoms in total. The van der Waals surface area contributed by atoms with Gasteiger partial charge in [0.2, 0.25) is 0 Å². The van der Waals surface area contributed by atoms with Crippen LogP contribution in [0, 0.1) is 11.7 Å². The standard InChI is InChI=1S/C13H16FNO2/c1-9-6-7-13(8-9,12(16)17)15-11-5-3-2-4-10(11)14/h2-5,9,15H,6-8H2,1H3,(H,16,17). The van der Waals surface area contributed by atoms with Gasteiger partial charge in [-0.1, -0.05) is 19.1 Å². The van der Waals surface area contributed by atoms with Crippen LogP contribution in [0.5, 0.6) is 0 Å². The van der Waals surface area contributed by atoms with Crippen LogP contribution in [0.1, 0.15) is 26.2 Å². The van der Waals surface area contributed by atoms with Crippen molar-refractivity contribution in [2.75, 3.05) is 5.32 Å². The first kappa shape index (κ1) is 11.9. The van der Waals surface area contributed by atoms with Gasteiger partial charge in [0.25, 0.3) is 0 Å². The SMILES string of the molecule is CC1CCC(Nc2ccccc2F)(C(=O)O)C1. The fourth-order valence-electron chi connectivity index (χ4n) is 2.47. The van der Waals surface area contributed by atoms with E-state index in [2.05, 4.69) is 5.32 Å². The number of hydrogen-bond acceptors (Lipinski definition) is 2. The molecule has 0 bridgehead atoms. The molecule has 0 radical (unpaired) electrons. The average molecular weight is 237 g/mol. The molecule has 2 unspecified atom stereocenters. The summed E-state index contributed by atoms with van der Waals surface area (Å²) in [6.45, 7) is 2.02. The smallest absolute Gasteiger partial charge is 0.329 e. The summed E-state index contributed by atoms with van der Waals surface area (Å²) in [5, 5.41) is 12.2. The van der Waals surface area contributed by atoms with Crippen molar-refractivity contribution in [1.82, 2.24) is 0 Å². The van der Waals surface area contributed by atoms with Gasteiger partial charge in [0.1, 0.15) is 11.4 Å². The Balaban J connectivity index is 2.26. The number of nitrogens with one attached hydrogen (secondary N) is 1. The maximum atomic E-state index is 13.5. The van der Waals surface area contributed by atoms with Crippen LogP contribution in [0.15, 0.2) is 24.3 Å². The van der Waals surface area contributed by atoms with E-state index < -0.39 is 17.3 Å². The van der Waals surface area contributed by atoms with Gasteiger partial charge in [-0.15, -0.1) is 0 Å². The number of carbonyl (C=O) groups is 1. The van der Waals surface area contributed by atoms with Gasteiger partial charge in [0.05, 0.1) is 5.69 Å². The van der Waals surface area contributed by atoms with E-state index in [1.54, 1.807) is 18.2 Å². The molecule has 0 amide bonds. The highest BCUT2D eigenvalue weighted by Crippen LogP contribution is 2.37. The number of carboxylic acid groups (broad SMARTS) is 1. The molecule has 0 saturated heterocycles. The van der Waals surface area contributed by atoms with E-state index in [-0.39, 0.29) is 5.69 Å². The zero-order valence-corrected chi connectivity index (χ0v) is 9.74. The number of para-hydroxylation sites is 1. The van der Waals surface area contributed by atoms with Gasteiger partial charge in [-0.05, 0) is 37.3 Å². The summed E-state index contributed by atoms with van der Waals surface area (Å²) in [6, 6.07) is 6.18. The summed E-state index contributed by atoms with van der Waals surface area (Å²) in [4.78, 5) is 11.4. The van der Waals surface area contributed by atoms with Crippen LogP contribution in [0.25, 0.3) is 0 Å². The summed E-state index contributed by atoms with van der Waals surface area (Å²) in [6.07, 6.45) is 1.93. The van der Waals surface area contributed by atoms with Crippen LogP contribution in [0.4, 0.5) is 10.1 Å². The number of anilines is 1. The van der Waals surface area contributed by atoms with Crippen molar-refractivity contribution in [2.45, 2.75) is 31.7 Å². The minimum absolute atomic E-state index is 0.268. The fourth-order valence-corrected chi connectivity index (χ4v) is 2.47. The molecule has 2 atom stereocenters. The molecule has 0 aromatic heterocycles. The summed E-state index contributed by atoms with van der Waals surface area (Å²) in [7, 11) is 0. The van der Waals surface area contributed by atoms with E-state index >= 15 is 0 Å². The molecule has 1 fully saturated rings. The quantitative estimate of drug-likeness (QED) is 0.849. The van der Waals surface area contributed by atoms with Gasteiger partial charge in [0, 0.05) is 0 Å². The lowest BCUT2D eigenvalue weighted by atomic mass is 9.96. The lowest BCUT2D eigenvalue weighted by molar-refractivity contribution is -0.142. The Bertz CT molecular complexity index is 435. The van der Waals surface area contributed by atoms with E-state index in [1.165, 1.54) is 6.07 Å². The number of benzene rings is 1. The van der Waals surface area contributed by atoms with Crippen LogP contribution in [0.2, 0.25) is 0 Å². The summed E-state index contributed by atoms with van der Waals surface area (Å²) in [5.74, 6) is -0.955. The van der Waals surface area contributed by atoms with Gasteiger partial charge in [-0.3, -0.25) is 0 Å². The second kappa shape index (κ2) is 4.35. The fraction of sp³-hybridized carbons (Fsp3) is 0.462. The largest absolute Gasteiger partial charge is 0.480 e. The molecule has 92 valence electrons. The Morgan fingerprint density at radius 1 is 1.53 bits per heavy atom. The van der Waals surface area contributed by atoms with Crippen LogP contribution < -0.4 is 5.32 Å². The van der Waals surface area contributed by atoms with Crippen LogP contribution in [0.3, 0.4) is 0 Å². The second-order valence-electron chi connectivity index (χ2n) is 4.84. The second-order valence-corrected chi connectivity index (χ2v) is 4.84. The number of aliphatic carboxylic acids is 1. The Morgan fingerprint density at radius 3 is 2.76 bits per heavy atom. The zero-order valence-electron chi connectivity index (χ0n) is 9.74. The summed E-state index contributed by atoms with van der Waals surface area (Å²) < 4.78 is 13.5. The molecule has 1 saturated carbocycles. The monoisotopic (exact) mass is 237 g/mol. The maximum absolute atomic E-state index is 13.5. The van der Waals surface area contributed by atoms with E-state index in [0.29, 0.717) is 18.8 Å². The van der Waals surface area contributed by atoms with Crippen molar-refractivity contribution < 1.29 is 14.3 Å². The van der Waals surface area contributed by atoms with Gasteiger partial charge >= 0.3 is 5.97 Å².